The molecule has 3 aromatic rings. The Kier molecular flexibility index (Phi) is 4.02. The first-order valence-corrected chi connectivity index (χ1v) is 7.41. The van der Waals surface area contributed by atoms with E-state index in [9.17, 15) is 4.79 Å². The molecule has 0 aromatic heterocycles. The van der Waals surface area contributed by atoms with Gasteiger partial charge in [-0.2, -0.15) is 0 Å². The summed E-state index contributed by atoms with van der Waals surface area (Å²) in [4.78, 5) is 11.4. The Morgan fingerprint density at radius 1 is 1.00 bits per heavy atom. The summed E-state index contributed by atoms with van der Waals surface area (Å²) in [5.41, 5.74) is 1.65. The van der Waals surface area contributed by atoms with Gasteiger partial charge in [0.15, 0.2) is 6.29 Å². The van der Waals surface area contributed by atoms with Crippen molar-refractivity contribution in [1.82, 2.24) is 0 Å². The van der Waals surface area contributed by atoms with E-state index < -0.39 is 0 Å². The van der Waals surface area contributed by atoms with Gasteiger partial charge >= 0.3 is 0 Å². The van der Waals surface area contributed by atoms with Gasteiger partial charge < -0.3 is 4.74 Å². The summed E-state index contributed by atoms with van der Waals surface area (Å²) in [5.74, 6) is 0.615. The number of carbonyl (C=O) groups is 1. The number of ether oxygens (including phenoxy) is 1. The Hall–Kier alpha value is -2.13. The van der Waals surface area contributed by atoms with E-state index in [1.165, 1.54) is 0 Å². The van der Waals surface area contributed by atoms with Crippen molar-refractivity contribution in [3.8, 4) is 5.75 Å². The van der Waals surface area contributed by atoms with Gasteiger partial charge in [-0.25, -0.2) is 0 Å². The van der Waals surface area contributed by atoms with Crippen LogP contribution in [0.25, 0.3) is 10.8 Å². The van der Waals surface area contributed by atoms with E-state index in [2.05, 4.69) is 15.9 Å². The maximum Gasteiger partial charge on any atom is 0.154 e. The number of halogens is 1. The van der Waals surface area contributed by atoms with Crippen LogP contribution in [0.4, 0.5) is 0 Å². The highest BCUT2D eigenvalue weighted by molar-refractivity contribution is 9.10. The first-order valence-electron chi connectivity index (χ1n) is 6.62. The predicted octanol–water partition coefficient (Wildman–Crippen LogP) is 4.99. The maximum absolute atomic E-state index is 11.4. The molecule has 0 amide bonds. The summed E-state index contributed by atoms with van der Waals surface area (Å²) < 4.78 is 6.84. The van der Waals surface area contributed by atoms with Crippen molar-refractivity contribution in [1.29, 1.82) is 0 Å². The quantitative estimate of drug-likeness (QED) is 0.625. The lowest BCUT2D eigenvalue weighted by atomic mass is 10.0. The molecule has 0 atom stereocenters. The first kappa shape index (κ1) is 13.8. The summed E-state index contributed by atoms with van der Waals surface area (Å²) in [6.07, 6.45) is 0.860. The van der Waals surface area contributed by atoms with Crippen molar-refractivity contribution in [2.24, 2.45) is 0 Å². The monoisotopic (exact) mass is 340 g/mol. The minimum Gasteiger partial charge on any atom is -0.488 e. The molecule has 3 aromatic carbocycles. The van der Waals surface area contributed by atoms with Gasteiger partial charge in [-0.15, -0.1) is 0 Å². The van der Waals surface area contributed by atoms with E-state index in [4.69, 9.17) is 4.74 Å². The molecule has 0 spiro atoms. The van der Waals surface area contributed by atoms with E-state index in [1.54, 1.807) is 0 Å². The summed E-state index contributed by atoms with van der Waals surface area (Å²) >= 11 is 3.44. The average molecular weight is 341 g/mol. The van der Waals surface area contributed by atoms with Gasteiger partial charge in [0.1, 0.15) is 12.4 Å². The molecule has 104 valence electrons. The van der Waals surface area contributed by atoms with Crippen LogP contribution < -0.4 is 4.74 Å². The molecular formula is C18H13BrO2. The zero-order valence-electron chi connectivity index (χ0n) is 11.3. The number of hydrogen-bond acceptors (Lipinski definition) is 2. The van der Waals surface area contributed by atoms with Gasteiger partial charge in [-0.05, 0) is 34.5 Å². The molecule has 0 aliphatic carbocycles. The number of fused-ring (bicyclic) bond motifs is 1. The Labute approximate surface area is 131 Å². The lowest BCUT2D eigenvalue weighted by molar-refractivity contribution is 0.112. The van der Waals surface area contributed by atoms with Gasteiger partial charge in [-0.3, -0.25) is 4.79 Å². The van der Waals surface area contributed by atoms with Gasteiger partial charge in [0.2, 0.25) is 0 Å². The Bertz CT molecular complexity index is 796. The van der Waals surface area contributed by atoms with E-state index in [-0.39, 0.29) is 0 Å². The molecule has 0 bridgehead atoms. The second kappa shape index (κ2) is 6.10. The minimum atomic E-state index is 0.429. The molecule has 0 unspecified atom stereocenters. The number of carbonyl (C=O) groups excluding carboxylic acids is 1. The minimum absolute atomic E-state index is 0.429. The highest BCUT2D eigenvalue weighted by Gasteiger charge is 2.08. The molecule has 0 fully saturated rings. The molecule has 0 N–H and O–H groups in total. The zero-order chi connectivity index (χ0) is 14.7. The molecule has 0 saturated heterocycles. The Morgan fingerprint density at radius 3 is 2.67 bits per heavy atom. The molecule has 3 heteroatoms. The van der Waals surface area contributed by atoms with Crippen molar-refractivity contribution >= 4 is 33.0 Å². The SMILES string of the molecule is O=Cc1c(OCc2cccc(Br)c2)ccc2ccccc12. The van der Waals surface area contributed by atoms with Crippen LogP contribution >= 0.6 is 15.9 Å². The van der Waals surface area contributed by atoms with Crippen LogP contribution in [0, 0.1) is 0 Å². The third-order valence-corrected chi connectivity index (χ3v) is 3.83. The number of rotatable bonds is 4. The molecule has 0 radical (unpaired) electrons. The van der Waals surface area contributed by atoms with Crippen LogP contribution in [0.5, 0.6) is 5.75 Å². The van der Waals surface area contributed by atoms with Gasteiger partial charge in [-0.1, -0.05) is 58.4 Å². The molecule has 0 saturated carbocycles. The summed E-state index contributed by atoms with van der Waals surface area (Å²) in [7, 11) is 0. The molecular weight excluding hydrogens is 328 g/mol. The largest absolute Gasteiger partial charge is 0.488 e. The van der Waals surface area contributed by atoms with E-state index in [0.717, 1.165) is 27.1 Å². The second-order valence-corrected chi connectivity index (χ2v) is 5.65. The Morgan fingerprint density at radius 2 is 1.86 bits per heavy atom. The van der Waals surface area contributed by atoms with Crippen molar-refractivity contribution in [3.05, 3.63) is 76.3 Å². The number of benzene rings is 3. The highest BCUT2D eigenvalue weighted by atomic mass is 79.9. The fourth-order valence-corrected chi connectivity index (χ4v) is 2.76. The predicted molar refractivity (Wildman–Crippen MR) is 87.8 cm³/mol. The van der Waals surface area contributed by atoms with Crippen LogP contribution in [-0.4, -0.2) is 6.29 Å². The summed E-state index contributed by atoms with van der Waals surface area (Å²) in [6.45, 7) is 0.429. The number of hydrogen-bond donors (Lipinski definition) is 0. The molecule has 0 aliphatic heterocycles. The molecule has 0 aliphatic rings. The van der Waals surface area contributed by atoms with Crippen molar-refractivity contribution in [2.75, 3.05) is 0 Å². The molecule has 3 rings (SSSR count). The fraction of sp³-hybridized carbons (Fsp3) is 0.0556. The van der Waals surface area contributed by atoms with Gasteiger partial charge in [0, 0.05) is 4.47 Å². The van der Waals surface area contributed by atoms with Crippen molar-refractivity contribution in [3.63, 3.8) is 0 Å². The fourth-order valence-electron chi connectivity index (χ4n) is 2.31. The van der Waals surface area contributed by atoms with Crippen molar-refractivity contribution in [2.45, 2.75) is 6.61 Å². The molecule has 0 heterocycles. The van der Waals surface area contributed by atoms with Gasteiger partial charge in [0.05, 0.1) is 5.56 Å². The second-order valence-electron chi connectivity index (χ2n) is 4.73. The zero-order valence-corrected chi connectivity index (χ0v) is 12.8. The average Bonchev–Trinajstić information content (AvgIpc) is 2.52. The van der Waals surface area contributed by atoms with E-state index in [1.807, 2.05) is 60.7 Å². The summed E-state index contributed by atoms with van der Waals surface area (Å²) in [6, 6.07) is 19.6. The van der Waals surface area contributed by atoms with Crippen LogP contribution in [0.3, 0.4) is 0 Å². The van der Waals surface area contributed by atoms with Crippen LogP contribution in [0.1, 0.15) is 15.9 Å². The van der Waals surface area contributed by atoms with Crippen LogP contribution in [0.15, 0.2) is 65.1 Å². The Balaban J connectivity index is 1.92. The normalized spacial score (nSPS) is 10.5. The van der Waals surface area contributed by atoms with Crippen LogP contribution in [-0.2, 0) is 6.61 Å². The lowest BCUT2D eigenvalue weighted by Crippen LogP contribution is -1.99. The van der Waals surface area contributed by atoms with Gasteiger partial charge in [0.25, 0.3) is 0 Å². The number of aldehydes is 1. The smallest absolute Gasteiger partial charge is 0.154 e. The summed E-state index contributed by atoms with van der Waals surface area (Å²) in [5, 5.41) is 1.95. The van der Waals surface area contributed by atoms with Crippen molar-refractivity contribution < 1.29 is 9.53 Å². The topological polar surface area (TPSA) is 26.3 Å². The maximum atomic E-state index is 11.4. The third-order valence-electron chi connectivity index (χ3n) is 3.33. The van der Waals surface area contributed by atoms with E-state index >= 15 is 0 Å². The molecule has 21 heavy (non-hydrogen) atoms. The molecule has 2 nitrogen and oxygen atoms in total. The lowest BCUT2D eigenvalue weighted by Gasteiger charge is -2.11. The highest BCUT2D eigenvalue weighted by Crippen LogP contribution is 2.27. The van der Waals surface area contributed by atoms with E-state index in [0.29, 0.717) is 17.9 Å². The standard InChI is InChI=1S/C18H13BrO2/c19-15-6-3-4-13(10-15)12-21-18-9-8-14-5-1-2-7-16(14)17(18)11-20/h1-11H,12H2. The first-order chi connectivity index (χ1) is 10.3. The van der Waals surface area contributed by atoms with Crippen LogP contribution in [0.2, 0.25) is 0 Å². The third kappa shape index (κ3) is 2.98.